The van der Waals surface area contributed by atoms with Gasteiger partial charge in [-0.2, -0.15) is 20.2 Å². The maximum Gasteiger partial charge on any atom is 0.394 e. The molecule has 0 heterocycles. The molecular formula is C5H13NO6S2. The topological polar surface area (TPSA) is 138 Å². The first-order valence-corrected chi connectivity index (χ1v) is 6.14. The van der Waals surface area contributed by atoms with Crippen LogP contribution in [0.3, 0.4) is 0 Å². The Bertz CT molecular complexity index is 243. The smallest absolute Gasteiger partial charge is 0.394 e. The van der Waals surface area contributed by atoms with Crippen molar-refractivity contribution < 1.29 is 27.4 Å². The van der Waals surface area contributed by atoms with Crippen molar-refractivity contribution in [3.8, 4) is 0 Å². The number of hydrogen-bond acceptors (Lipinski definition) is 5. The monoisotopic (exact) mass is 247 g/mol. The SMILES string of the molecule is CSCC[C@H](N)C(=O)O.O=S(=O)(O)O. The largest absolute Gasteiger partial charge is 0.480 e. The highest BCUT2D eigenvalue weighted by Gasteiger charge is 2.08. The first-order valence-electron chi connectivity index (χ1n) is 3.35. The van der Waals surface area contributed by atoms with Crippen molar-refractivity contribution in [3.63, 3.8) is 0 Å². The molecule has 0 aliphatic rings. The average Bonchev–Trinajstić information content (AvgIpc) is 1.96. The number of nitrogens with two attached hydrogens (primary N) is 1. The van der Waals surface area contributed by atoms with Crippen molar-refractivity contribution in [3.05, 3.63) is 0 Å². The third kappa shape index (κ3) is 22.6. The van der Waals surface area contributed by atoms with E-state index in [0.717, 1.165) is 5.75 Å². The maximum atomic E-state index is 10.1. The molecule has 0 unspecified atom stereocenters. The van der Waals surface area contributed by atoms with E-state index in [1.807, 2.05) is 6.26 Å². The fourth-order valence-corrected chi connectivity index (χ4v) is 0.858. The van der Waals surface area contributed by atoms with Crippen LogP contribution < -0.4 is 5.73 Å². The minimum Gasteiger partial charge on any atom is -0.480 e. The lowest BCUT2D eigenvalue weighted by atomic mass is 10.2. The van der Waals surface area contributed by atoms with E-state index in [1.54, 1.807) is 11.8 Å². The summed E-state index contributed by atoms with van der Waals surface area (Å²) in [5.41, 5.74) is 5.19. The van der Waals surface area contributed by atoms with Crippen LogP contribution >= 0.6 is 11.8 Å². The van der Waals surface area contributed by atoms with Crippen LogP contribution in [0, 0.1) is 0 Å². The van der Waals surface area contributed by atoms with Crippen LogP contribution in [-0.2, 0) is 15.2 Å². The van der Waals surface area contributed by atoms with Crippen LogP contribution in [0.4, 0.5) is 0 Å². The Labute approximate surface area is 86.3 Å². The summed E-state index contributed by atoms with van der Waals surface area (Å²) in [5.74, 6) is -0.1000. The zero-order valence-electron chi connectivity index (χ0n) is 7.45. The van der Waals surface area contributed by atoms with Gasteiger partial charge in [0.25, 0.3) is 0 Å². The van der Waals surface area contributed by atoms with Crippen LogP contribution in [0.1, 0.15) is 6.42 Å². The number of hydrogen-bond donors (Lipinski definition) is 4. The molecule has 0 rings (SSSR count). The van der Waals surface area contributed by atoms with Gasteiger partial charge < -0.3 is 10.8 Å². The number of carboxylic acids is 1. The van der Waals surface area contributed by atoms with Crippen LogP contribution in [0.25, 0.3) is 0 Å². The third-order valence-corrected chi connectivity index (χ3v) is 1.59. The molecule has 5 N–H and O–H groups in total. The van der Waals surface area contributed by atoms with Gasteiger partial charge in [0.05, 0.1) is 0 Å². The van der Waals surface area contributed by atoms with Gasteiger partial charge in [0.1, 0.15) is 6.04 Å². The van der Waals surface area contributed by atoms with Crippen molar-refractivity contribution in [1.82, 2.24) is 0 Å². The maximum absolute atomic E-state index is 10.1. The summed E-state index contributed by atoms with van der Waals surface area (Å²) in [6.45, 7) is 0. The summed E-state index contributed by atoms with van der Waals surface area (Å²) in [6, 6.07) is -0.683. The minimum absolute atomic E-state index is 0.552. The summed E-state index contributed by atoms with van der Waals surface area (Å²) in [7, 11) is -4.67. The summed E-state index contributed by atoms with van der Waals surface area (Å²) >= 11 is 1.60. The van der Waals surface area contributed by atoms with Crippen molar-refractivity contribution in [1.29, 1.82) is 0 Å². The highest BCUT2D eigenvalue weighted by molar-refractivity contribution is 7.98. The Morgan fingerprint density at radius 2 is 1.86 bits per heavy atom. The molecule has 0 aromatic heterocycles. The highest BCUT2D eigenvalue weighted by Crippen LogP contribution is 1.97. The van der Waals surface area contributed by atoms with Gasteiger partial charge in [0, 0.05) is 0 Å². The van der Waals surface area contributed by atoms with E-state index in [1.165, 1.54) is 0 Å². The molecule has 0 fully saturated rings. The highest BCUT2D eigenvalue weighted by atomic mass is 32.3. The second kappa shape index (κ2) is 8.00. The number of aliphatic carboxylic acids is 1. The molecule has 0 aromatic carbocycles. The lowest BCUT2D eigenvalue weighted by molar-refractivity contribution is -0.138. The Hall–Kier alpha value is -0.350. The predicted octanol–water partition coefficient (Wildman–Crippen LogP) is -0.501. The van der Waals surface area contributed by atoms with Gasteiger partial charge in [-0.3, -0.25) is 13.9 Å². The summed E-state index contributed by atoms with van der Waals surface area (Å²) in [6.07, 6.45) is 2.48. The van der Waals surface area contributed by atoms with Crippen molar-refractivity contribution in [2.75, 3.05) is 12.0 Å². The Kier molecular flexibility index (Phi) is 9.20. The van der Waals surface area contributed by atoms with Gasteiger partial charge in [0.2, 0.25) is 0 Å². The van der Waals surface area contributed by atoms with Crippen LogP contribution in [0.15, 0.2) is 0 Å². The molecule has 0 bridgehead atoms. The van der Waals surface area contributed by atoms with Crippen molar-refractivity contribution >= 4 is 28.1 Å². The first kappa shape index (κ1) is 16.1. The molecule has 0 saturated carbocycles. The van der Waals surface area contributed by atoms with Crippen LogP contribution in [0.2, 0.25) is 0 Å². The van der Waals surface area contributed by atoms with Gasteiger partial charge in [-0.25, -0.2) is 0 Å². The summed E-state index contributed by atoms with van der Waals surface area (Å²) in [4.78, 5) is 10.1. The van der Waals surface area contributed by atoms with Gasteiger partial charge in [0.15, 0.2) is 0 Å². The van der Waals surface area contributed by atoms with Gasteiger partial charge in [-0.1, -0.05) is 0 Å². The summed E-state index contributed by atoms with van der Waals surface area (Å²) in [5, 5.41) is 8.27. The molecule has 14 heavy (non-hydrogen) atoms. The molecule has 9 heteroatoms. The Morgan fingerprint density at radius 3 is 2.07 bits per heavy atom. The van der Waals surface area contributed by atoms with Crippen LogP contribution in [0.5, 0.6) is 0 Å². The fraction of sp³-hybridized carbons (Fsp3) is 0.800. The molecule has 86 valence electrons. The summed E-state index contributed by atoms with van der Waals surface area (Å²) < 4.78 is 31.6. The number of rotatable bonds is 4. The molecule has 0 aliphatic heterocycles. The number of carbonyl (C=O) groups is 1. The van der Waals surface area contributed by atoms with Gasteiger partial charge >= 0.3 is 16.4 Å². The van der Waals surface area contributed by atoms with E-state index in [9.17, 15) is 4.79 Å². The molecule has 0 aliphatic carbocycles. The first-order chi connectivity index (χ1) is 6.18. The molecule has 0 aromatic rings. The molecule has 0 spiro atoms. The second-order valence-electron chi connectivity index (χ2n) is 2.17. The quantitative estimate of drug-likeness (QED) is 0.488. The van der Waals surface area contributed by atoms with Crippen molar-refractivity contribution in [2.45, 2.75) is 12.5 Å². The van der Waals surface area contributed by atoms with Gasteiger partial charge in [-0.15, -0.1) is 0 Å². The fourth-order valence-electron chi connectivity index (χ4n) is 0.368. The zero-order chi connectivity index (χ0) is 11.8. The third-order valence-electron chi connectivity index (χ3n) is 0.950. The van der Waals surface area contributed by atoms with E-state index >= 15 is 0 Å². The molecule has 0 amide bonds. The number of carboxylic acid groups (broad SMARTS) is 1. The van der Waals surface area contributed by atoms with Gasteiger partial charge in [-0.05, 0) is 18.4 Å². The lowest BCUT2D eigenvalue weighted by Crippen LogP contribution is -2.30. The number of thioether (sulfide) groups is 1. The van der Waals surface area contributed by atoms with Crippen LogP contribution in [-0.4, -0.2) is 46.6 Å². The lowest BCUT2D eigenvalue weighted by Gasteiger charge is -2.02. The van der Waals surface area contributed by atoms with E-state index in [2.05, 4.69) is 0 Å². The Balaban J connectivity index is 0. The zero-order valence-corrected chi connectivity index (χ0v) is 9.08. The molecular weight excluding hydrogens is 234 g/mol. The predicted molar refractivity (Wildman–Crippen MR) is 52.8 cm³/mol. The van der Waals surface area contributed by atoms with Crippen molar-refractivity contribution in [2.24, 2.45) is 5.73 Å². The Morgan fingerprint density at radius 1 is 1.50 bits per heavy atom. The molecule has 0 saturated heterocycles. The van der Waals surface area contributed by atoms with E-state index in [-0.39, 0.29) is 0 Å². The second-order valence-corrected chi connectivity index (χ2v) is 4.06. The molecule has 1 atom stereocenters. The average molecular weight is 247 g/mol. The molecule has 0 radical (unpaired) electrons. The van der Waals surface area contributed by atoms with E-state index < -0.39 is 22.4 Å². The van der Waals surface area contributed by atoms with E-state index in [4.69, 9.17) is 28.4 Å². The normalized spacial score (nSPS) is 12.6. The molecule has 7 nitrogen and oxygen atoms in total. The minimum atomic E-state index is -4.67. The standard InChI is InChI=1S/C5H11NO2S.H2O4S/c1-9-3-2-4(6)5(7)8;1-5(2,3)4/h4H,2-3,6H2,1H3,(H,7,8);(H2,1,2,3,4)/t4-;/m0./s1. The van der Waals surface area contributed by atoms with E-state index in [0.29, 0.717) is 6.42 Å².